The number of anilines is 2. The van der Waals surface area contributed by atoms with E-state index in [2.05, 4.69) is 32.7 Å². The van der Waals surface area contributed by atoms with Gasteiger partial charge in [0.1, 0.15) is 24.5 Å². The fraction of sp³-hybridized carbons (Fsp3) is 0.452. The third-order valence-electron chi connectivity index (χ3n) is 8.51. The number of piperazine rings is 1. The van der Waals surface area contributed by atoms with Crippen molar-refractivity contribution in [3.8, 4) is 11.8 Å². The fourth-order valence-corrected chi connectivity index (χ4v) is 6.23. The molecule has 1 atom stereocenters. The Balaban J connectivity index is 1.28. The molecule has 9 heteroatoms. The van der Waals surface area contributed by atoms with Gasteiger partial charge in [-0.3, -0.25) is 9.69 Å². The standard InChI is InChI=1S/C31H38N6O3/c1-34-11-6-8-24(34)22-40-31-32-28-21-37(29-20-25(39)19-23-7-2-3-9-26(23)29)13-10-27(28)30(33-31)36-16-14-35(15-17-36)12-4-5-18-38/h2-5,7,9,18-20,24,39H,6,8,10-17,21-22H2,1H3/b5-4+/t24-/m1/s1. The highest BCUT2D eigenvalue weighted by atomic mass is 16.5. The summed E-state index contributed by atoms with van der Waals surface area (Å²) >= 11 is 0. The van der Waals surface area contributed by atoms with E-state index in [-0.39, 0.29) is 5.75 Å². The molecule has 40 heavy (non-hydrogen) atoms. The van der Waals surface area contributed by atoms with Crippen LogP contribution in [0.1, 0.15) is 24.1 Å². The van der Waals surface area contributed by atoms with Crippen LogP contribution in [0.4, 0.5) is 11.5 Å². The van der Waals surface area contributed by atoms with E-state index in [0.29, 0.717) is 25.2 Å². The molecule has 4 heterocycles. The van der Waals surface area contributed by atoms with Crippen molar-refractivity contribution < 1.29 is 14.6 Å². The number of aldehydes is 1. The summed E-state index contributed by atoms with van der Waals surface area (Å²) in [6.45, 7) is 7.47. The second kappa shape index (κ2) is 11.8. The Labute approximate surface area is 235 Å². The monoisotopic (exact) mass is 542 g/mol. The van der Waals surface area contributed by atoms with Gasteiger partial charge in [-0.25, -0.2) is 0 Å². The van der Waals surface area contributed by atoms with Crippen LogP contribution in [0.25, 0.3) is 10.8 Å². The number of nitrogens with zero attached hydrogens (tertiary/aromatic N) is 6. The number of ether oxygens (including phenoxy) is 1. The first-order valence-electron chi connectivity index (χ1n) is 14.4. The zero-order valence-corrected chi connectivity index (χ0v) is 23.2. The maximum Gasteiger partial charge on any atom is 0.318 e. The van der Waals surface area contributed by atoms with E-state index in [1.807, 2.05) is 36.4 Å². The van der Waals surface area contributed by atoms with E-state index >= 15 is 0 Å². The van der Waals surface area contributed by atoms with Gasteiger partial charge in [0.25, 0.3) is 0 Å². The van der Waals surface area contributed by atoms with Gasteiger partial charge < -0.3 is 24.5 Å². The topological polar surface area (TPSA) is 85.3 Å². The Morgan fingerprint density at radius 2 is 1.90 bits per heavy atom. The van der Waals surface area contributed by atoms with Crippen LogP contribution in [0, 0.1) is 0 Å². The Morgan fingerprint density at radius 1 is 1.05 bits per heavy atom. The molecule has 0 aliphatic carbocycles. The molecule has 0 unspecified atom stereocenters. The second-order valence-electron chi connectivity index (χ2n) is 11.1. The molecular weight excluding hydrogens is 504 g/mol. The van der Waals surface area contributed by atoms with E-state index in [9.17, 15) is 9.90 Å². The molecule has 0 amide bonds. The van der Waals surface area contributed by atoms with Crippen LogP contribution in [-0.4, -0.2) is 96.7 Å². The number of benzene rings is 2. The number of likely N-dealkylation sites (tertiary alicyclic amines) is 1. The second-order valence-corrected chi connectivity index (χ2v) is 11.1. The molecular formula is C31H38N6O3. The van der Waals surface area contributed by atoms with Gasteiger partial charge in [0.2, 0.25) is 0 Å². The largest absolute Gasteiger partial charge is 0.508 e. The van der Waals surface area contributed by atoms with Crippen LogP contribution >= 0.6 is 0 Å². The third kappa shape index (κ3) is 5.62. The van der Waals surface area contributed by atoms with Crippen molar-refractivity contribution in [3.05, 3.63) is 59.8 Å². The molecule has 6 rings (SSSR count). The lowest BCUT2D eigenvalue weighted by molar-refractivity contribution is -0.104. The first-order valence-corrected chi connectivity index (χ1v) is 14.4. The number of carbonyl (C=O) groups is 1. The molecule has 3 aliphatic heterocycles. The van der Waals surface area contributed by atoms with Gasteiger partial charge in [-0.05, 0) is 50.4 Å². The van der Waals surface area contributed by atoms with Gasteiger partial charge in [0, 0.05) is 68.0 Å². The van der Waals surface area contributed by atoms with Crippen LogP contribution in [0.3, 0.4) is 0 Å². The maximum atomic E-state index is 10.6. The van der Waals surface area contributed by atoms with Gasteiger partial charge in [0.15, 0.2) is 0 Å². The minimum Gasteiger partial charge on any atom is -0.508 e. The Hall–Kier alpha value is -3.69. The summed E-state index contributed by atoms with van der Waals surface area (Å²) < 4.78 is 6.27. The summed E-state index contributed by atoms with van der Waals surface area (Å²) in [4.78, 5) is 30.0. The molecule has 2 fully saturated rings. The summed E-state index contributed by atoms with van der Waals surface area (Å²) in [5.74, 6) is 1.26. The summed E-state index contributed by atoms with van der Waals surface area (Å²) in [7, 11) is 2.15. The number of fused-ring (bicyclic) bond motifs is 2. The van der Waals surface area contributed by atoms with Crippen LogP contribution in [-0.2, 0) is 17.8 Å². The van der Waals surface area contributed by atoms with E-state index in [0.717, 1.165) is 92.9 Å². The molecule has 210 valence electrons. The van der Waals surface area contributed by atoms with Gasteiger partial charge in [-0.1, -0.05) is 30.3 Å². The Morgan fingerprint density at radius 3 is 2.70 bits per heavy atom. The molecule has 1 aromatic heterocycles. The molecule has 3 aromatic rings. The normalized spacial score (nSPS) is 20.4. The lowest BCUT2D eigenvalue weighted by Crippen LogP contribution is -2.47. The molecule has 0 radical (unpaired) electrons. The minimum absolute atomic E-state index is 0.272. The lowest BCUT2D eigenvalue weighted by Gasteiger charge is -2.38. The van der Waals surface area contributed by atoms with Crippen molar-refractivity contribution in [1.82, 2.24) is 19.8 Å². The molecule has 0 bridgehead atoms. The lowest BCUT2D eigenvalue weighted by atomic mass is 10.0. The molecule has 0 saturated carbocycles. The number of carbonyl (C=O) groups excluding carboxylic acids is 1. The summed E-state index contributed by atoms with van der Waals surface area (Å²) in [5, 5.41) is 12.6. The van der Waals surface area contributed by atoms with Gasteiger partial charge in [-0.15, -0.1) is 0 Å². The summed E-state index contributed by atoms with van der Waals surface area (Å²) in [6.07, 6.45) is 7.47. The molecule has 9 nitrogen and oxygen atoms in total. The van der Waals surface area contributed by atoms with Gasteiger partial charge in [0.05, 0.1) is 12.2 Å². The number of likely N-dealkylation sites (N-methyl/N-ethyl adjacent to an activating group) is 1. The van der Waals surface area contributed by atoms with Crippen molar-refractivity contribution in [2.24, 2.45) is 0 Å². The number of hydrogen-bond acceptors (Lipinski definition) is 9. The van der Waals surface area contributed by atoms with Crippen LogP contribution in [0.2, 0.25) is 0 Å². The van der Waals surface area contributed by atoms with Crippen LogP contribution in [0.15, 0.2) is 48.6 Å². The average molecular weight is 543 g/mol. The number of allylic oxidation sites excluding steroid dienone is 1. The quantitative estimate of drug-likeness (QED) is 0.341. The first-order chi connectivity index (χ1) is 19.6. The molecule has 3 aliphatic rings. The maximum absolute atomic E-state index is 10.6. The summed E-state index contributed by atoms with van der Waals surface area (Å²) in [6, 6.07) is 12.7. The number of aromatic hydroxyl groups is 1. The Kier molecular flexibility index (Phi) is 7.84. The SMILES string of the molecule is CN1CCC[C@@H]1COc1nc2c(c(N3CCN(C/C=C/C=O)CC3)n1)CCN(c1cc(O)cc3ccccc13)C2. The predicted molar refractivity (Wildman–Crippen MR) is 157 cm³/mol. The number of rotatable bonds is 8. The smallest absolute Gasteiger partial charge is 0.318 e. The van der Waals surface area contributed by atoms with Crippen molar-refractivity contribution in [2.75, 3.05) is 69.3 Å². The zero-order valence-electron chi connectivity index (χ0n) is 23.2. The van der Waals surface area contributed by atoms with Gasteiger partial charge in [-0.2, -0.15) is 9.97 Å². The molecule has 0 spiro atoms. The van der Waals surface area contributed by atoms with Crippen molar-refractivity contribution in [3.63, 3.8) is 0 Å². The number of phenols is 1. The molecule has 2 aromatic carbocycles. The van der Waals surface area contributed by atoms with Gasteiger partial charge >= 0.3 is 6.01 Å². The number of phenolic OH excluding ortho intramolecular Hbond substituents is 1. The van der Waals surface area contributed by atoms with Crippen LogP contribution in [0.5, 0.6) is 11.8 Å². The van der Waals surface area contributed by atoms with E-state index < -0.39 is 0 Å². The predicted octanol–water partition coefficient (Wildman–Crippen LogP) is 3.25. The van der Waals surface area contributed by atoms with E-state index in [1.54, 1.807) is 6.08 Å². The van der Waals surface area contributed by atoms with E-state index in [1.165, 1.54) is 12.0 Å². The molecule has 2 saturated heterocycles. The Bertz CT molecular complexity index is 1390. The van der Waals surface area contributed by atoms with Crippen molar-refractivity contribution >= 4 is 28.6 Å². The highest BCUT2D eigenvalue weighted by molar-refractivity contribution is 5.95. The highest BCUT2D eigenvalue weighted by Gasteiger charge is 2.29. The number of hydrogen-bond donors (Lipinski definition) is 1. The van der Waals surface area contributed by atoms with Crippen molar-refractivity contribution in [1.29, 1.82) is 0 Å². The fourth-order valence-electron chi connectivity index (χ4n) is 6.23. The van der Waals surface area contributed by atoms with E-state index in [4.69, 9.17) is 14.7 Å². The molecule has 1 N–H and O–H groups in total. The minimum atomic E-state index is 0.272. The first kappa shape index (κ1) is 26.5. The number of aromatic nitrogens is 2. The third-order valence-corrected chi connectivity index (χ3v) is 8.51. The summed E-state index contributed by atoms with van der Waals surface area (Å²) in [5.41, 5.74) is 3.21. The zero-order chi connectivity index (χ0) is 27.5. The van der Waals surface area contributed by atoms with Crippen molar-refractivity contribution in [2.45, 2.75) is 31.8 Å². The van der Waals surface area contributed by atoms with Crippen LogP contribution < -0.4 is 14.5 Å². The average Bonchev–Trinajstić information content (AvgIpc) is 3.39. The highest BCUT2D eigenvalue weighted by Crippen LogP contribution is 2.36.